The summed E-state index contributed by atoms with van der Waals surface area (Å²) >= 11 is 3.54. The van der Waals surface area contributed by atoms with Gasteiger partial charge in [-0.2, -0.15) is 0 Å². The molecule has 1 unspecified atom stereocenters. The van der Waals surface area contributed by atoms with E-state index in [4.69, 9.17) is 4.98 Å². The fourth-order valence-corrected chi connectivity index (χ4v) is 3.36. The van der Waals surface area contributed by atoms with E-state index in [0.717, 1.165) is 34.4 Å². The van der Waals surface area contributed by atoms with E-state index in [0.29, 0.717) is 0 Å². The van der Waals surface area contributed by atoms with Crippen LogP contribution in [0.1, 0.15) is 31.2 Å². The molecule has 0 aliphatic carbocycles. The maximum atomic E-state index is 4.83. The molecule has 0 amide bonds. The summed E-state index contributed by atoms with van der Waals surface area (Å²) in [6.45, 7) is 6.54. The molecule has 4 heteroatoms. The number of piperidine rings is 1. The second-order valence-electron chi connectivity index (χ2n) is 5.55. The van der Waals surface area contributed by atoms with E-state index in [9.17, 15) is 0 Å². The van der Waals surface area contributed by atoms with Crippen LogP contribution in [-0.2, 0) is 5.41 Å². The van der Waals surface area contributed by atoms with Gasteiger partial charge in [0.15, 0.2) is 0 Å². The number of fused-ring (bicyclic) bond motifs is 1. The molecule has 0 spiro atoms. The number of aromatic nitrogens is 2. The molecule has 0 radical (unpaired) electrons. The van der Waals surface area contributed by atoms with Crippen molar-refractivity contribution in [1.82, 2.24) is 15.3 Å². The van der Waals surface area contributed by atoms with Crippen LogP contribution in [0.3, 0.4) is 0 Å². The van der Waals surface area contributed by atoms with E-state index in [1.165, 1.54) is 18.4 Å². The quantitative estimate of drug-likeness (QED) is 0.849. The van der Waals surface area contributed by atoms with Gasteiger partial charge in [0.1, 0.15) is 5.82 Å². The van der Waals surface area contributed by atoms with Gasteiger partial charge < -0.3 is 10.3 Å². The Morgan fingerprint density at radius 1 is 1.39 bits per heavy atom. The van der Waals surface area contributed by atoms with Crippen LogP contribution in [0, 0.1) is 6.92 Å². The fraction of sp³-hybridized carbons (Fsp3) is 0.500. The average molecular weight is 308 g/mol. The smallest absolute Gasteiger partial charge is 0.114 e. The number of benzene rings is 1. The van der Waals surface area contributed by atoms with Crippen molar-refractivity contribution in [1.29, 1.82) is 0 Å². The van der Waals surface area contributed by atoms with E-state index in [-0.39, 0.29) is 5.41 Å². The molecule has 2 N–H and O–H groups in total. The molecule has 2 aromatic rings. The maximum absolute atomic E-state index is 4.83. The fourth-order valence-electron chi connectivity index (χ4n) is 2.79. The molecule has 1 aliphatic rings. The normalized spacial score (nSPS) is 24.6. The van der Waals surface area contributed by atoms with Crippen molar-refractivity contribution >= 4 is 27.0 Å². The molecule has 3 nitrogen and oxygen atoms in total. The molecule has 18 heavy (non-hydrogen) atoms. The lowest BCUT2D eigenvalue weighted by Gasteiger charge is -2.32. The molecule has 1 aliphatic heterocycles. The average Bonchev–Trinajstić information content (AvgIpc) is 2.74. The number of H-pyrrole nitrogens is 1. The Kier molecular flexibility index (Phi) is 2.94. The third-order valence-electron chi connectivity index (χ3n) is 3.91. The largest absolute Gasteiger partial charge is 0.341 e. The van der Waals surface area contributed by atoms with E-state index in [2.05, 4.69) is 52.2 Å². The van der Waals surface area contributed by atoms with E-state index in [1.54, 1.807) is 0 Å². The summed E-state index contributed by atoms with van der Waals surface area (Å²) in [6.07, 6.45) is 2.41. The van der Waals surface area contributed by atoms with Gasteiger partial charge in [0.25, 0.3) is 0 Å². The molecule has 1 atom stereocenters. The molecule has 1 aromatic carbocycles. The van der Waals surface area contributed by atoms with Crippen molar-refractivity contribution in [3.63, 3.8) is 0 Å². The molecule has 0 saturated carbocycles. The van der Waals surface area contributed by atoms with Crippen molar-refractivity contribution in [3.8, 4) is 0 Å². The van der Waals surface area contributed by atoms with E-state index in [1.807, 2.05) is 0 Å². The molecule has 3 rings (SSSR count). The predicted octanol–water partition coefficient (Wildman–Crippen LogP) is 3.27. The first-order chi connectivity index (χ1) is 8.58. The summed E-state index contributed by atoms with van der Waals surface area (Å²) in [5, 5.41) is 3.47. The van der Waals surface area contributed by atoms with Crippen LogP contribution in [0.2, 0.25) is 0 Å². The minimum absolute atomic E-state index is 0.135. The first kappa shape index (κ1) is 12.2. The van der Waals surface area contributed by atoms with Crippen molar-refractivity contribution in [2.24, 2.45) is 0 Å². The number of aromatic amines is 1. The number of imidazole rings is 1. The SMILES string of the molecule is Cc1cc(Br)cc2[nH]c(C3(C)CCCNC3)nc12. The molecule has 2 heterocycles. The minimum Gasteiger partial charge on any atom is -0.341 e. The second-order valence-corrected chi connectivity index (χ2v) is 6.46. The van der Waals surface area contributed by atoms with Gasteiger partial charge in [0.2, 0.25) is 0 Å². The predicted molar refractivity (Wildman–Crippen MR) is 78.0 cm³/mol. The molecule has 1 saturated heterocycles. The lowest BCUT2D eigenvalue weighted by molar-refractivity contribution is 0.326. The number of rotatable bonds is 1. The highest BCUT2D eigenvalue weighted by Crippen LogP contribution is 2.31. The second kappa shape index (κ2) is 4.35. The van der Waals surface area contributed by atoms with Gasteiger partial charge in [-0.15, -0.1) is 0 Å². The molecule has 1 aromatic heterocycles. The van der Waals surface area contributed by atoms with Gasteiger partial charge in [0, 0.05) is 16.4 Å². The van der Waals surface area contributed by atoms with Gasteiger partial charge in [-0.05, 0) is 44.0 Å². The molecule has 0 bridgehead atoms. The van der Waals surface area contributed by atoms with Crippen LogP contribution < -0.4 is 5.32 Å². The summed E-state index contributed by atoms with van der Waals surface area (Å²) in [6, 6.07) is 4.23. The molecule has 1 fully saturated rings. The van der Waals surface area contributed by atoms with Crippen molar-refractivity contribution in [2.45, 2.75) is 32.1 Å². The topological polar surface area (TPSA) is 40.7 Å². The molecular formula is C14H18BrN3. The van der Waals surface area contributed by atoms with Crippen LogP contribution in [0.5, 0.6) is 0 Å². The third kappa shape index (κ3) is 1.97. The van der Waals surface area contributed by atoms with E-state index < -0.39 is 0 Å². The van der Waals surface area contributed by atoms with Gasteiger partial charge in [0.05, 0.1) is 11.0 Å². The number of halogens is 1. The van der Waals surface area contributed by atoms with Crippen LogP contribution in [0.4, 0.5) is 0 Å². The lowest BCUT2D eigenvalue weighted by atomic mass is 9.82. The zero-order valence-electron chi connectivity index (χ0n) is 10.8. The van der Waals surface area contributed by atoms with Crippen molar-refractivity contribution in [3.05, 3.63) is 28.0 Å². The van der Waals surface area contributed by atoms with Crippen molar-refractivity contribution < 1.29 is 0 Å². The third-order valence-corrected chi connectivity index (χ3v) is 4.37. The lowest BCUT2D eigenvalue weighted by Crippen LogP contribution is -2.41. The number of hydrogen-bond acceptors (Lipinski definition) is 2. The van der Waals surface area contributed by atoms with Crippen LogP contribution in [-0.4, -0.2) is 23.1 Å². The van der Waals surface area contributed by atoms with Crippen molar-refractivity contribution in [2.75, 3.05) is 13.1 Å². The van der Waals surface area contributed by atoms with Crippen LogP contribution >= 0.6 is 15.9 Å². The maximum Gasteiger partial charge on any atom is 0.114 e. The van der Waals surface area contributed by atoms with Gasteiger partial charge in [-0.3, -0.25) is 0 Å². The Morgan fingerprint density at radius 2 is 2.22 bits per heavy atom. The van der Waals surface area contributed by atoms with Gasteiger partial charge >= 0.3 is 0 Å². The van der Waals surface area contributed by atoms with Crippen LogP contribution in [0.25, 0.3) is 11.0 Å². The highest BCUT2D eigenvalue weighted by atomic mass is 79.9. The summed E-state index contributed by atoms with van der Waals surface area (Å²) in [5.41, 5.74) is 3.58. The van der Waals surface area contributed by atoms with E-state index >= 15 is 0 Å². The number of nitrogens with one attached hydrogen (secondary N) is 2. The van der Waals surface area contributed by atoms with Gasteiger partial charge in [-0.25, -0.2) is 4.98 Å². The van der Waals surface area contributed by atoms with Crippen LogP contribution in [0.15, 0.2) is 16.6 Å². The highest BCUT2D eigenvalue weighted by Gasteiger charge is 2.31. The zero-order valence-corrected chi connectivity index (χ0v) is 12.4. The summed E-state index contributed by atoms with van der Waals surface area (Å²) in [7, 11) is 0. The molecular weight excluding hydrogens is 290 g/mol. The highest BCUT2D eigenvalue weighted by molar-refractivity contribution is 9.10. The Hall–Kier alpha value is -0.870. The Morgan fingerprint density at radius 3 is 2.94 bits per heavy atom. The number of aryl methyl sites for hydroxylation is 1. The van der Waals surface area contributed by atoms with Gasteiger partial charge in [-0.1, -0.05) is 22.9 Å². The summed E-state index contributed by atoms with van der Waals surface area (Å²) in [5.74, 6) is 1.12. The zero-order chi connectivity index (χ0) is 12.8. The number of hydrogen-bond donors (Lipinski definition) is 2. The minimum atomic E-state index is 0.135. The Balaban J connectivity index is 2.10. The standard InChI is InChI=1S/C14H18BrN3/c1-9-6-10(15)7-11-12(9)18-13(17-11)14(2)4-3-5-16-8-14/h6-7,16H,3-5,8H2,1-2H3,(H,17,18). The first-order valence-corrected chi connectivity index (χ1v) is 7.25. The Bertz CT molecular complexity index is 582. The summed E-state index contributed by atoms with van der Waals surface area (Å²) < 4.78 is 1.11. The number of nitrogens with zero attached hydrogens (tertiary/aromatic N) is 1. The molecule has 96 valence electrons. The first-order valence-electron chi connectivity index (χ1n) is 6.46. The Labute approximate surface area is 116 Å². The monoisotopic (exact) mass is 307 g/mol. The summed E-state index contributed by atoms with van der Waals surface area (Å²) in [4.78, 5) is 8.34.